The summed E-state index contributed by atoms with van der Waals surface area (Å²) in [6.45, 7) is 0. The van der Waals surface area contributed by atoms with Gasteiger partial charge in [0.05, 0.1) is 23.8 Å². The van der Waals surface area contributed by atoms with Crippen LogP contribution < -0.4 is 5.32 Å². The topological polar surface area (TPSA) is 57.8 Å². The van der Waals surface area contributed by atoms with E-state index in [9.17, 15) is 9.18 Å². The van der Waals surface area contributed by atoms with E-state index >= 15 is 0 Å². The van der Waals surface area contributed by atoms with Crippen molar-refractivity contribution < 1.29 is 9.18 Å². The molecule has 3 rings (SSSR count). The van der Waals surface area contributed by atoms with Gasteiger partial charge in [0.25, 0.3) is 5.91 Å². The van der Waals surface area contributed by atoms with E-state index in [1.54, 1.807) is 36.8 Å². The highest BCUT2D eigenvalue weighted by Gasteiger charge is 2.11. The summed E-state index contributed by atoms with van der Waals surface area (Å²) in [7, 11) is 0. The van der Waals surface area contributed by atoms with Gasteiger partial charge in [-0.05, 0) is 24.3 Å². The van der Waals surface area contributed by atoms with Crippen LogP contribution in [0.15, 0.2) is 61.1 Å². The molecule has 1 aromatic heterocycles. The van der Waals surface area contributed by atoms with Crippen molar-refractivity contribution in [3.63, 3.8) is 0 Å². The average Bonchev–Trinajstić information content (AvgIpc) is 3.02. The minimum Gasteiger partial charge on any atom is -0.345 e. The number of benzene rings is 2. The van der Waals surface area contributed by atoms with Gasteiger partial charge in [0.1, 0.15) is 5.82 Å². The standard InChI is InChI=1S/C16H12FN3O/c17-14-7-2-1-6-13(14)16(21)20-12-5-3-4-11(8-12)15-9-18-10-19-15/h1-10H,(H,18,19)(H,20,21). The minimum atomic E-state index is -0.542. The SMILES string of the molecule is O=C(Nc1cccc(-c2cnc[nH]2)c1)c1ccccc1F. The first kappa shape index (κ1) is 13.1. The van der Waals surface area contributed by atoms with Crippen molar-refractivity contribution in [1.29, 1.82) is 0 Å². The van der Waals surface area contributed by atoms with Crippen molar-refractivity contribution in [1.82, 2.24) is 9.97 Å². The fraction of sp³-hybridized carbons (Fsp3) is 0. The summed E-state index contributed by atoms with van der Waals surface area (Å²) in [5.41, 5.74) is 2.34. The van der Waals surface area contributed by atoms with Crippen LogP contribution in [0.1, 0.15) is 10.4 Å². The maximum Gasteiger partial charge on any atom is 0.258 e. The number of aromatic nitrogens is 2. The maximum atomic E-state index is 13.6. The number of amides is 1. The van der Waals surface area contributed by atoms with Gasteiger partial charge in [-0.25, -0.2) is 9.37 Å². The first-order valence-electron chi connectivity index (χ1n) is 6.39. The van der Waals surface area contributed by atoms with Gasteiger partial charge in [0.2, 0.25) is 0 Å². The molecule has 21 heavy (non-hydrogen) atoms. The van der Waals surface area contributed by atoms with Crippen LogP contribution in [0.5, 0.6) is 0 Å². The number of carbonyl (C=O) groups is 1. The zero-order chi connectivity index (χ0) is 14.7. The Kier molecular flexibility index (Phi) is 3.47. The van der Waals surface area contributed by atoms with Gasteiger partial charge in [-0.1, -0.05) is 24.3 Å². The normalized spacial score (nSPS) is 10.3. The molecule has 0 fully saturated rings. The van der Waals surface area contributed by atoms with E-state index in [1.165, 1.54) is 12.1 Å². The van der Waals surface area contributed by atoms with E-state index in [2.05, 4.69) is 15.3 Å². The quantitative estimate of drug-likeness (QED) is 0.772. The van der Waals surface area contributed by atoms with Gasteiger partial charge in [-0.15, -0.1) is 0 Å². The van der Waals surface area contributed by atoms with Crippen molar-refractivity contribution in [2.45, 2.75) is 0 Å². The molecule has 0 unspecified atom stereocenters. The second-order valence-corrected chi connectivity index (χ2v) is 4.48. The molecule has 0 bridgehead atoms. The molecular formula is C16H12FN3O. The Bertz CT molecular complexity index is 769. The van der Waals surface area contributed by atoms with Crippen molar-refractivity contribution in [3.05, 3.63) is 72.4 Å². The van der Waals surface area contributed by atoms with E-state index < -0.39 is 11.7 Å². The van der Waals surface area contributed by atoms with E-state index in [1.807, 2.05) is 12.1 Å². The van der Waals surface area contributed by atoms with E-state index in [0.717, 1.165) is 11.3 Å². The third-order valence-corrected chi connectivity index (χ3v) is 3.05. The monoisotopic (exact) mass is 281 g/mol. The summed E-state index contributed by atoms with van der Waals surface area (Å²) >= 11 is 0. The molecule has 0 atom stereocenters. The van der Waals surface area contributed by atoms with E-state index in [4.69, 9.17) is 0 Å². The number of nitrogens with one attached hydrogen (secondary N) is 2. The third-order valence-electron chi connectivity index (χ3n) is 3.05. The number of carbonyl (C=O) groups excluding carboxylic acids is 1. The van der Waals surface area contributed by atoms with Gasteiger partial charge in [0.15, 0.2) is 0 Å². The van der Waals surface area contributed by atoms with Gasteiger partial charge in [0, 0.05) is 11.3 Å². The molecule has 5 heteroatoms. The maximum absolute atomic E-state index is 13.6. The molecule has 0 radical (unpaired) electrons. The number of halogens is 1. The highest BCUT2D eigenvalue weighted by Crippen LogP contribution is 2.21. The first-order chi connectivity index (χ1) is 10.2. The third kappa shape index (κ3) is 2.81. The van der Waals surface area contributed by atoms with Gasteiger partial charge in [-0.2, -0.15) is 0 Å². The smallest absolute Gasteiger partial charge is 0.258 e. The summed E-state index contributed by atoms with van der Waals surface area (Å²) in [6, 6.07) is 13.1. The van der Waals surface area contributed by atoms with Crippen LogP contribution >= 0.6 is 0 Å². The second kappa shape index (κ2) is 5.58. The number of hydrogen-bond donors (Lipinski definition) is 2. The molecule has 0 saturated heterocycles. The van der Waals surface area contributed by atoms with Crippen LogP contribution in [0, 0.1) is 5.82 Å². The molecule has 3 aromatic rings. The Morgan fingerprint density at radius 3 is 2.76 bits per heavy atom. The Balaban J connectivity index is 1.84. The van der Waals surface area contributed by atoms with Crippen LogP contribution in [-0.4, -0.2) is 15.9 Å². The van der Waals surface area contributed by atoms with E-state index in [-0.39, 0.29) is 5.56 Å². The fourth-order valence-electron chi connectivity index (χ4n) is 2.02. The van der Waals surface area contributed by atoms with Crippen LogP contribution in [0.25, 0.3) is 11.3 Å². The highest BCUT2D eigenvalue weighted by atomic mass is 19.1. The first-order valence-corrected chi connectivity index (χ1v) is 6.39. The molecule has 2 aromatic carbocycles. The van der Waals surface area contributed by atoms with Gasteiger partial charge < -0.3 is 10.3 Å². The summed E-state index contributed by atoms with van der Waals surface area (Å²) in [6.07, 6.45) is 3.28. The lowest BCUT2D eigenvalue weighted by atomic mass is 10.1. The molecule has 0 aliphatic rings. The predicted molar refractivity (Wildman–Crippen MR) is 78.4 cm³/mol. The minimum absolute atomic E-state index is 0.0180. The molecule has 0 spiro atoms. The lowest BCUT2D eigenvalue weighted by Crippen LogP contribution is -2.13. The van der Waals surface area contributed by atoms with Crippen molar-refractivity contribution >= 4 is 11.6 Å². The zero-order valence-corrected chi connectivity index (χ0v) is 11.0. The molecule has 0 saturated carbocycles. The molecule has 104 valence electrons. The number of imidazole rings is 1. The molecule has 1 heterocycles. The number of H-pyrrole nitrogens is 1. The van der Waals surface area contributed by atoms with Gasteiger partial charge in [-0.3, -0.25) is 4.79 Å². The molecule has 1 amide bonds. The fourth-order valence-corrected chi connectivity index (χ4v) is 2.02. The van der Waals surface area contributed by atoms with Crippen molar-refractivity contribution in [2.24, 2.45) is 0 Å². The summed E-state index contributed by atoms with van der Waals surface area (Å²) in [5, 5.41) is 2.69. The summed E-state index contributed by atoms with van der Waals surface area (Å²) < 4.78 is 13.6. The highest BCUT2D eigenvalue weighted by molar-refractivity contribution is 6.04. The Hall–Kier alpha value is -2.95. The lowest BCUT2D eigenvalue weighted by Gasteiger charge is -2.07. The summed E-state index contributed by atoms with van der Waals surface area (Å²) in [4.78, 5) is 19.0. The van der Waals surface area contributed by atoms with Crippen LogP contribution in [-0.2, 0) is 0 Å². The number of nitrogens with zero attached hydrogens (tertiary/aromatic N) is 1. The lowest BCUT2D eigenvalue weighted by molar-refractivity contribution is 0.102. The molecule has 4 nitrogen and oxygen atoms in total. The number of anilines is 1. The van der Waals surface area contributed by atoms with Crippen molar-refractivity contribution in [3.8, 4) is 11.3 Å². The second-order valence-electron chi connectivity index (χ2n) is 4.48. The molecular weight excluding hydrogens is 269 g/mol. The number of rotatable bonds is 3. The van der Waals surface area contributed by atoms with Crippen LogP contribution in [0.2, 0.25) is 0 Å². The van der Waals surface area contributed by atoms with E-state index in [0.29, 0.717) is 5.69 Å². The Morgan fingerprint density at radius 2 is 2.00 bits per heavy atom. The Labute approximate surface area is 120 Å². The van der Waals surface area contributed by atoms with Crippen LogP contribution in [0.3, 0.4) is 0 Å². The number of hydrogen-bond acceptors (Lipinski definition) is 2. The van der Waals surface area contributed by atoms with Gasteiger partial charge >= 0.3 is 0 Å². The van der Waals surface area contributed by atoms with Crippen LogP contribution in [0.4, 0.5) is 10.1 Å². The Morgan fingerprint density at radius 1 is 1.14 bits per heavy atom. The van der Waals surface area contributed by atoms with Crippen molar-refractivity contribution in [2.75, 3.05) is 5.32 Å². The average molecular weight is 281 g/mol. The number of aromatic amines is 1. The zero-order valence-electron chi connectivity index (χ0n) is 11.0. The summed E-state index contributed by atoms with van der Waals surface area (Å²) in [5.74, 6) is -1.02. The molecule has 0 aliphatic carbocycles. The molecule has 0 aliphatic heterocycles. The largest absolute Gasteiger partial charge is 0.345 e. The predicted octanol–water partition coefficient (Wildman–Crippen LogP) is 3.47. The molecule has 2 N–H and O–H groups in total.